The van der Waals surface area contributed by atoms with E-state index >= 15 is 0 Å². The largest absolute Gasteiger partial charge is 0.362 e. The van der Waals surface area contributed by atoms with Crippen molar-refractivity contribution in [3.63, 3.8) is 0 Å². The molecule has 0 saturated carbocycles. The average Bonchev–Trinajstić information content (AvgIpc) is 2.31. The number of nitrogens with zero attached hydrogens (tertiary/aromatic N) is 2. The number of pyridine rings is 1. The van der Waals surface area contributed by atoms with Crippen LogP contribution in [-0.2, 0) is 0 Å². The van der Waals surface area contributed by atoms with Gasteiger partial charge in [-0.25, -0.2) is 4.98 Å². The van der Waals surface area contributed by atoms with Gasteiger partial charge in [-0.1, -0.05) is 13.8 Å². The Morgan fingerprint density at radius 2 is 2.28 bits per heavy atom. The van der Waals surface area contributed by atoms with Crippen molar-refractivity contribution in [1.29, 1.82) is 0 Å². The van der Waals surface area contributed by atoms with Gasteiger partial charge in [0.2, 0.25) is 0 Å². The highest BCUT2D eigenvalue weighted by Gasteiger charge is 2.27. The Morgan fingerprint density at radius 1 is 1.67 bits per heavy atom. The van der Waals surface area contributed by atoms with Crippen molar-refractivity contribution in [3.05, 3.63) is 26.9 Å². The lowest BCUT2D eigenvalue weighted by Gasteiger charge is -2.34. The fourth-order valence-electron chi connectivity index (χ4n) is 1.32. The van der Waals surface area contributed by atoms with Crippen LogP contribution in [0, 0.1) is 16.0 Å². The van der Waals surface area contributed by atoms with Gasteiger partial charge in [-0.3, -0.25) is 10.1 Å². The molecule has 100 valence electrons. The lowest BCUT2D eigenvalue weighted by atomic mass is 9.88. The van der Waals surface area contributed by atoms with Crippen LogP contribution in [0.4, 0.5) is 11.5 Å². The van der Waals surface area contributed by atoms with Crippen molar-refractivity contribution in [2.45, 2.75) is 26.3 Å². The smallest absolute Gasteiger partial charge is 0.288 e. The highest BCUT2D eigenvalue weighted by Crippen LogP contribution is 2.28. The first-order valence-corrected chi connectivity index (χ1v) is 6.37. The SMILES string of the molecule is CC(C)C(C)(CN)Nc1ncc([N+](=O)[O-])cc1Br. The van der Waals surface area contributed by atoms with Crippen LogP contribution in [0.15, 0.2) is 16.7 Å². The lowest BCUT2D eigenvalue weighted by molar-refractivity contribution is -0.385. The predicted molar refractivity (Wildman–Crippen MR) is 74.5 cm³/mol. The Labute approximate surface area is 114 Å². The number of nitrogens with one attached hydrogen (secondary N) is 1. The number of nitro groups is 1. The summed E-state index contributed by atoms with van der Waals surface area (Å²) in [6, 6.07) is 1.42. The quantitative estimate of drug-likeness (QED) is 0.643. The molecule has 1 aromatic heterocycles. The summed E-state index contributed by atoms with van der Waals surface area (Å²) >= 11 is 3.28. The van der Waals surface area contributed by atoms with Gasteiger partial charge in [0.1, 0.15) is 12.0 Å². The molecule has 1 aromatic rings. The molecule has 0 aliphatic carbocycles. The minimum absolute atomic E-state index is 0.0496. The molecule has 1 unspecified atom stereocenters. The van der Waals surface area contributed by atoms with Gasteiger partial charge in [0.15, 0.2) is 0 Å². The molecular formula is C11H17BrN4O2. The number of halogens is 1. The van der Waals surface area contributed by atoms with Crippen molar-refractivity contribution in [2.24, 2.45) is 11.7 Å². The van der Waals surface area contributed by atoms with Crippen LogP contribution in [0.2, 0.25) is 0 Å². The maximum atomic E-state index is 10.6. The third-order valence-electron chi connectivity index (χ3n) is 3.14. The van der Waals surface area contributed by atoms with Crippen molar-refractivity contribution >= 4 is 27.4 Å². The van der Waals surface area contributed by atoms with Gasteiger partial charge in [0, 0.05) is 12.6 Å². The van der Waals surface area contributed by atoms with Crippen LogP contribution in [-0.4, -0.2) is 22.0 Å². The molecule has 3 N–H and O–H groups in total. The van der Waals surface area contributed by atoms with E-state index in [2.05, 4.69) is 40.1 Å². The van der Waals surface area contributed by atoms with Gasteiger partial charge in [0.05, 0.1) is 14.9 Å². The first-order valence-electron chi connectivity index (χ1n) is 5.58. The lowest BCUT2D eigenvalue weighted by Crippen LogP contribution is -2.47. The molecule has 6 nitrogen and oxygen atoms in total. The minimum atomic E-state index is -0.480. The molecule has 0 bridgehead atoms. The van der Waals surface area contributed by atoms with E-state index in [0.717, 1.165) is 0 Å². The average molecular weight is 317 g/mol. The predicted octanol–water partition coefficient (Wildman–Crippen LogP) is 2.54. The maximum absolute atomic E-state index is 10.6. The molecule has 1 rings (SSSR count). The van der Waals surface area contributed by atoms with E-state index < -0.39 is 4.92 Å². The van der Waals surface area contributed by atoms with Gasteiger partial charge < -0.3 is 11.1 Å². The van der Waals surface area contributed by atoms with Crippen LogP contribution in [0.3, 0.4) is 0 Å². The monoisotopic (exact) mass is 316 g/mol. The van der Waals surface area contributed by atoms with E-state index in [1.807, 2.05) is 6.92 Å². The molecule has 0 aliphatic rings. The van der Waals surface area contributed by atoms with Crippen molar-refractivity contribution < 1.29 is 4.92 Å². The number of rotatable bonds is 5. The first-order chi connectivity index (χ1) is 8.30. The molecule has 18 heavy (non-hydrogen) atoms. The van der Waals surface area contributed by atoms with Crippen molar-refractivity contribution in [2.75, 3.05) is 11.9 Å². The standard InChI is InChI=1S/C11H17BrN4O2/c1-7(2)11(3,6-13)15-10-9(12)4-8(5-14-10)16(17)18/h4-5,7H,6,13H2,1-3H3,(H,14,15). The Kier molecular flexibility index (Phi) is 4.64. The molecule has 7 heteroatoms. The Bertz CT molecular complexity index is 453. The van der Waals surface area contributed by atoms with Crippen molar-refractivity contribution in [1.82, 2.24) is 4.98 Å². The second kappa shape index (κ2) is 5.62. The molecule has 0 radical (unpaired) electrons. The summed E-state index contributed by atoms with van der Waals surface area (Å²) < 4.78 is 0.553. The van der Waals surface area contributed by atoms with Gasteiger partial charge in [0.25, 0.3) is 5.69 Å². The van der Waals surface area contributed by atoms with Gasteiger partial charge in [-0.05, 0) is 28.8 Å². The zero-order chi connectivity index (χ0) is 13.9. The molecular weight excluding hydrogens is 300 g/mol. The molecule has 0 aromatic carbocycles. The normalized spacial score (nSPS) is 14.3. The van der Waals surface area contributed by atoms with Crippen LogP contribution in [0.1, 0.15) is 20.8 Å². The second-order valence-corrected chi connectivity index (χ2v) is 5.54. The van der Waals surface area contributed by atoms with Crippen LogP contribution >= 0.6 is 15.9 Å². The van der Waals surface area contributed by atoms with Gasteiger partial charge >= 0.3 is 0 Å². The summed E-state index contributed by atoms with van der Waals surface area (Å²) in [6.07, 6.45) is 1.23. The van der Waals surface area contributed by atoms with E-state index in [4.69, 9.17) is 5.73 Å². The summed E-state index contributed by atoms with van der Waals surface area (Å²) in [6.45, 7) is 6.54. The number of nitrogens with two attached hydrogens (primary N) is 1. The van der Waals surface area contributed by atoms with E-state index in [0.29, 0.717) is 22.8 Å². The van der Waals surface area contributed by atoms with Gasteiger partial charge in [-0.15, -0.1) is 0 Å². The highest BCUT2D eigenvalue weighted by atomic mass is 79.9. The van der Waals surface area contributed by atoms with Crippen molar-refractivity contribution in [3.8, 4) is 0 Å². The Hall–Kier alpha value is -1.21. The molecule has 1 heterocycles. The highest BCUT2D eigenvalue weighted by molar-refractivity contribution is 9.10. The fourth-order valence-corrected chi connectivity index (χ4v) is 1.76. The third-order valence-corrected chi connectivity index (χ3v) is 3.74. The third kappa shape index (κ3) is 3.17. The molecule has 0 aliphatic heterocycles. The Balaban J connectivity index is 3.02. The second-order valence-electron chi connectivity index (χ2n) is 4.68. The van der Waals surface area contributed by atoms with E-state index in [1.165, 1.54) is 12.3 Å². The summed E-state index contributed by atoms with van der Waals surface area (Å²) in [7, 11) is 0. The summed E-state index contributed by atoms with van der Waals surface area (Å²) in [4.78, 5) is 14.2. The zero-order valence-corrected chi connectivity index (χ0v) is 12.2. The summed E-state index contributed by atoms with van der Waals surface area (Å²) in [5.74, 6) is 0.855. The van der Waals surface area contributed by atoms with Crippen LogP contribution < -0.4 is 11.1 Å². The molecule has 1 atom stereocenters. The number of hydrogen-bond donors (Lipinski definition) is 2. The maximum Gasteiger partial charge on any atom is 0.288 e. The molecule has 0 spiro atoms. The Morgan fingerprint density at radius 3 is 2.67 bits per heavy atom. The molecule has 0 saturated heterocycles. The molecule has 0 fully saturated rings. The number of aromatic nitrogens is 1. The number of hydrogen-bond acceptors (Lipinski definition) is 5. The molecule has 0 amide bonds. The first kappa shape index (κ1) is 14.8. The topological polar surface area (TPSA) is 94.1 Å². The van der Waals surface area contributed by atoms with Gasteiger partial charge in [-0.2, -0.15) is 0 Å². The van der Waals surface area contributed by atoms with E-state index in [-0.39, 0.29) is 11.2 Å². The summed E-state index contributed by atoms with van der Waals surface area (Å²) in [5.41, 5.74) is 5.41. The summed E-state index contributed by atoms with van der Waals surface area (Å²) in [5, 5.41) is 13.9. The number of anilines is 1. The minimum Gasteiger partial charge on any atom is -0.362 e. The zero-order valence-electron chi connectivity index (χ0n) is 10.6. The van der Waals surface area contributed by atoms with Crippen LogP contribution in [0.5, 0.6) is 0 Å². The van der Waals surface area contributed by atoms with E-state index in [9.17, 15) is 10.1 Å². The van der Waals surface area contributed by atoms with E-state index in [1.54, 1.807) is 0 Å². The van der Waals surface area contributed by atoms with Crippen LogP contribution in [0.25, 0.3) is 0 Å². The fraction of sp³-hybridized carbons (Fsp3) is 0.545.